The second-order valence-electron chi connectivity index (χ2n) is 4.66. The third-order valence-electron chi connectivity index (χ3n) is 3.94. The van der Waals surface area contributed by atoms with Gasteiger partial charge in [-0.05, 0) is 29.9 Å². The standard InChI is InChI=1S/C12H13NO2/c13-12(11(14)15)6-7-5-10(12)9-4-2-1-3-8(7)9/h1-4,7,10H,5-6,13H2,(H,14,15)/t7-,10-,12-/m1/s1. The van der Waals surface area contributed by atoms with Crippen molar-refractivity contribution in [2.45, 2.75) is 30.2 Å². The Hall–Kier alpha value is -1.35. The molecule has 0 radical (unpaired) electrons. The van der Waals surface area contributed by atoms with Gasteiger partial charge in [0, 0.05) is 5.92 Å². The third-order valence-corrected chi connectivity index (χ3v) is 3.94. The molecule has 3 N–H and O–H groups in total. The van der Waals surface area contributed by atoms with Gasteiger partial charge in [0.1, 0.15) is 5.54 Å². The normalized spacial score (nSPS) is 36.6. The lowest BCUT2D eigenvalue weighted by Crippen LogP contribution is -2.51. The van der Waals surface area contributed by atoms with E-state index in [0.717, 1.165) is 12.0 Å². The van der Waals surface area contributed by atoms with Crippen LogP contribution in [0, 0.1) is 0 Å². The maximum atomic E-state index is 11.2. The Kier molecular flexibility index (Phi) is 1.55. The highest BCUT2D eigenvalue weighted by Crippen LogP contribution is 2.56. The molecule has 78 valence electrons. The number of benzene rings is 1. The van der Waals surface area contributed by atoms with E-state index in [4.69, 9.17) is 5.73 Å². The minimum absolute atomic E-state index is 0.0104. The number of fused-ring (bicyclic) bond motifs is 5. The van der Waals surface area contributed by atoms with Crippen LogP contribution in [0.5, 0.6) is 0 Å². The van der Waals surface area contributed by atoms with Crippen molar-refractivity contribution >= 4 is 5.97 Å². The molecule has 0 amide bonds. The number of hydrogen-bond donors (Lipinski definition) is 2. The van der Waals surface area contributed by atoms with Crippen LogP contribution < -0.4 is 5.73 Å². The lowest BCUT2D eigenvalue weighted by molar-refractivity contribution is -0.143. The van der Waals surface area contributed by atoms with Crippen molar-refractivity contribution in [3.05, 3.63) is 35.4 Å². The smallest absolute Gasteiger partial charge is 0.324 e. The molecule has 2 aliphatic carbocycles. The number of carboxylic acids is 1. The van der Waals surface area contributed by atoms with Crippen molar-refractivity contribution in [2.75, 3.05) is 0 Å². The molecule has 1 saturated carbocycles. The second kappa shape index (κ2) is 2.61. The van der Waals surface area contributed by atoms with Crippen molar-refractivity contribution in [3.63, 3.8) is 0 Å². The van der Waals surface area contributed by atoms with E-state index in [-0.39, 0.29) is 5.92 Å². The molecule has 2 bridgehead atoms. The van der Waals surface area contributed by atoms with Gasteiger partial charge in [-0.1, -0.05) is 24.3 Å². The molecule has 0 saturated heterocycles. The van der Waals surface area contributed by atoms with Crippen molar-refractivity contribution in [2.24, 2.45) is 5.73 Å². The van der Waals surface area contributed by atoms with Crippen molar-refractivity contribution < 1.29 is 9.90 Å². The Morgan fingerprint density at radius 1 is 1.40 bits per heavy atom. The Bertz CT molecular complexity index is 443. The van der Waals surface area contributed by atoms with Crippen LogP contribution in [0.25, 0.3) is 0 Å². The predicted octanol–water partition coefficient (Wildman–Crippen LogP) is 1.44. The molecule has 15 heavy (non-hydrogen) atoms. The summed E-state index contributed by atoms with van der Waals surface area (Å²) in [6, 6.07) is 8.09. The highest BCUT2D eigenvalue weighted by molar-refractivity contribution is 5.82. The minimum atomic E-state index is -1.03. The van der Waals surface area contributed by atoms with Gasteiger partial charge >= 0.3 is 5.97 Å². The maximum Gasteiger partial charge on any atom is 0.324 e. The summed E-state index contributed by atoms with van der Waals surface area (Å²) in [4.78, 5) is 11.2. The molecule has 0 spiro atoms. The van der Waals surface area contributed by atoms with Gasteiger partial charge in [-0.25, -0.2) is 0 Å². The molecular formula is C12H13NO2. The summed E-state index contributed by atoms with van der Waals surface area (Å²) in [5.74, 6) is -0.493. The van der Waals surface area contributed by atoms with Crippen LogP contribution in [0.3, 0.4) is 0 Å². The van der Waals surface area contributed by atoms with Crippen LogP contribution in [-0.4, -0.2) is 16.6 Å². The highest BCUT2D eigenvalue weighted by Gasteiger charge is 2.55. The molecule has 1 aromatic rings. The average molecular weight is 203 g/mol. The van der Waals surface area contributed by atoms with E-state index in [1.807, 2.05) is 18.2 Å². The van der Waals surface area contributed by atoms with Crippen LogP contribution in [0.15, 0.2) is 24.3 Å². The van der Waals surface area contributed by atoms with Gasteiger partial charge < -0.3 is 10.8 Å². The molecule has 0 unspecified atom stereocenters. The van der Waals surface area contributed by atoms with Crippen molar-refractivity contribution in [1.29, 1.82) is 0 Å². The zero-order valence-corrected chi connectivity index (χ0v) is 8.31. The Labute approximate surface area is 87.9 Å². The molecule has 1 aromatic carbocycles. The summed E-state index contributed by atoms with van der Waals surface area (Å²) in [7, 11) is 0. The summed E-state index contributed by atoms with van der Waals surface area (Å²) in [5.41, 5.74) is 7.44. The molecule has 0 aliphatic heterocycles. The van der Waals surface area contributed by atoms with Crippen molar-refractivity contribution in [3.8, 4) is 0 Å². The van der Waals surface area contributed by atoms with E-state index in [0.29, 0.717) is 12.3 Å². The Balaban J connectivity index is 2.13. The molecule has 0 aromatic heterocycles. The van der Waals surface area contributed by atoms with E-state index >= 15 is 0 Å². The first-order chi connectivity index (χ1) is 7.13. The SMILES string of the molecule is N[C@]1(C(=O)O)C[C@H]2C[C@@H]1c1ccccc12. The lowest BCUT2D eigenvalue weighted by atomic mass is 9.78. The third kappa shape index (κ3) is 0.960. The van der Waals surface area contributed by atoms with E-state index in [9.17, 15) is 9.90 Å². The Morgan fingerprint density at radius 2 is 2.07 bits per heavy atom. The van der Waals surface area contributed by atoms with Gasteiger partial charge in [0.2, 0.25) is 0 Å². The second-order valence-corrected chi connectivity index (χ2v) is 4.66. The summed E-state index contributed by atoms with van der Waals surface area (Å²) in [5, 5.41) is 9.20. The molecule has 1 fully saturated rings. The van der Waals surface area contributed by atoms with E-state index in [2.05, 4.69) is 6.07 Å². The van der Waals surface area contributed by atoms with E-state index in [1.165, 1.54) is 5.56 Å². The van der Waals surface area contributed by atoms with Crippen LogP contribution in [-0.2, 0) is 4.79 Å². The van der Waals surface area contributed by atoms with Crippen LogP contribution in [0.1, 0.15) is 35.8 Å². The quantitative estimate of drug-likeness (QED) is 0.726. The molecule has 2 aliphatic rings. The largest absolute Gasteiger partial charge is 0.480 e. The molecule has 3 heteroatoms. The van der Waals surface area contributed by atoms with E-state index in [1.54, 1.807) is 0 Å². The number of carboxylic acid groups (broad SMARTS) is 1. The highest BCUT2D eigenvalue weighted by atomic mass is 16.4. The average Bonchev–Trinajstić information content (AvgIpc) is 2.74. The Morgan fingerprint density at radius 3 is 2.73 bits per heavy atom. The number of hydrogen-bond acceptors (Lipinski definition) is 2. The fourth-order valence-corrected chi connectivity index (χ4v) is 3.21. The van der Waals surface area contributed by atoms with Gasteiger partial charge in [-0.15, -0.1) is 0 Å². The van der Waals surface area contributed by atoms with Gasteiger partial charge in [0.15, 0.2) is 0 Å². The summed E-state index contributed by atoms with van der Waals surface area (Å²) < 4.78 is 0. The van der Waals surface area contributed by atoms with Crippen LogP contribution >= 0.6 is 0 Å². The fraction of sp³-hybridized carbons (Fsp3) is 0.417. The summed E-state index contributed by atoms with van der Waals surface area (Å²) in [6.45, 7) is 0. The molecule has 0 heterocycles. The van der Waals surface area contributed by atoms with E-state index < -0.39 is 11.5 Å². The zero-order valence-electron chi connectivity index (χ0n) is 8.31. The first kappa shape index (κ1) is 8.92. The lowest BCUT2D eigenvalue weighted by Gasteiger charge is -2.30. The first-order valence-corrected chi connectivity index (χ1v) is 5.24. The van der Waals surface area contributed by atoms with Crippen LogP contribution in [0.2, 0.25) is 0 Å². The van der Waals surface area contributed by atoms with Crippen molar-refractivity contribution in [1.82, 2.24) is 0 Å². The van der Waals surface area contributed by atoms with Crippen LogP contribution in [0.4, 0.5) is 0 Å². The maximum absolute atomic E-state index is 11.2. The van der Waals surface area contributed by atoms with Gasteiger partial charge in [-0.3, -0.25) is 4.79 Å². The number of nitrogens with two attached hydrogens (primary N) is 1. The number of aliphatic carboxylic acids is 1. The fourth-order valence-electron chi connectivity index (χ4n) is 3.21. The molecule has 3 nitrogen and oxygen atoms in total. The number of rotatable bonds is 1. The monoisotopic (exact) mass is 203 g/mol. The summed E-state index contributed by atoms with van der Waals surface area (Å²) >= 11 is 0. The molecular weight excluding hydrogens is 190 g/mol. The number of carbonyl (C=O) groups is 1. The topological polar surface area (TPSA) is 63.3 Å². The zero-order chi connectivity index (χ0) is 10.6. The van der Waals surface area contributed by atoms with Gasteiger partial charge in [-0.2, -0.15) is 0 Å². The van der Waals surface area contributed by atoms with Gasteiger partial charge in [0.05, 0.1) is 0 Å². The molecule has 3 atom stereocenters. The summed E-state index contributed by atoms with van der Waals surface area (Å²) in [6.07, 6.45) is 1.49. The predicted molar refractivity (Wildman–Crippen MR) is 55.7 cm³/mol. The van der Waals surface area contributed by atoms with Gasteiger partial charge in [0.25, 0.3) is 0 Å². The molecule has 3 rings (SSSR count). The minimum Gasteiger partial charge on any atom is -0.480 e. The first-order valence-electron chi connectivity index (χ1n) is 5.24.